The molecule has 6 heteroatoms. The molecule has 1 saturated carbocycles. The molecule has 0 radical (unpaired) electrons. The molecule has 1 aromatic heterocycles. The number of hydrogen-bond acceptors (Lipinski definition) is 5. The predicted octanol–water partition coefficient (Wildman–Crippen LogP) is 14.9. The maximum atomic E-state index is 11.0. The Balaban J connectivity index is -0.000000347. The van der Waals surface area contributed by atoms with Gasteiger partial charge >= 0.3 is 0 Å². The summed E-state index contributed by atoms with van der Waals surface area (Å²) in [6.45, 7) is 38.3. The van der Waals surface area contributed by atoms with Gasteiger partial charge in [0, 0.05) is 18.4 Å². The fraction of sp³-hybridized carbons (Fsp3) is 0.569. The number of nitrogens with zero attached hydrogens (tertiary/aromatic N) is 1. The third-order valence-electron chi connectivity index (χ3n) is 8.56. The smallest absolute Gasteiger partial charge is 0.252 e. The summed E-state index contributed by atoms with van der Waals surface area (Å²) in [5.74, 6) is 1.92. The molecule has 6 nitrogen and oxygen atoms in total. The van der Waals surface area contributed by atoms with E-state index in [0.717, 1.165) is 36.0 Å². The number of aliphatic hydroxyl groups is 1. The second kappa shape index (κ2) is 40.5. The van der Waals surface area contributed by atoms with Crippen molar-refractivity contribution in [2.75, 3.05) is 12.3 Å². The van der Waals surface area contributed by atoms with E-state index in [1.54, 1.807) is 18.3 Å². The average Bonchev–Trinajstić information content (AvgIpc) is 3.78. The van der Waals surface area contributed by atoms with Gasteiger partial charge in [0.05, 0.1) is 18.3 Å². The van der Waals surface area contributed by atoms with E-state index in [1.165, 1.54) is 60.8 Å². The minimum Gasteiger partial charge on any atom is -0.396 e. The third-order valence-corrected chi connectivity index (χ3v) is 8.56. The molecule has 0 unspecified atom stereocenters. The van der Waals surface area contributed by atoms with Crippen molar-refractivity contribution in [3.05, 3.63) is 102 Å². The number of carbonyl (C=O) groups excluding carboxylic acids is 1. The number of primary amides is 1. The number of amides is 1. The SMILES string of the molecule is C=C/C(=C\C)c1cnc(N)c(C(N)=O)c1.CC.CC.CC.CC(C)c1ccc(-c2ccc(COC3CCCC3)cc2)cc1.CCC(C)C.CCC(C)C.CCCO. The zero-order valence-electron chi connectivity index (χ0n) is 39.7. The minimum atomic E-state index is -0.582. The molecule has 57 heavy (non-hydrogen) atoms. The summed E-state index contributed by atoms with van der Waals surface area (Å²) >= 11 is 0. The standard InChI is InChI=1S/C21H26O.C11H13N3O.2C5H12.C3H8O.3C2H6/c1-16(2)18-11-13-20(14-12-18)19-9-7-17(8-10-19)15-22-21-5-3-4-6-21;1-3-7(4-2)8-5-9(11(13)15)10(12)14-6-8;2*1-4-5(2)3;1-2-3-4;3*1-2/h7-14,16,21H,3-6,15H2,1-2H3;3-6H,1H2,2H3,(H2,12,14)(H2,13,15);2*5H,4H2,1-3H3;4H,2-3H2,1H3;3*1-2H3/b;7-4+;;;;;;. The van der Waals surface area contributed by atoms with Crippen LogP contribution in [0.15, 0.2) is 79.5 Å². The van der Waals surface area contributed by atoms with Crippen LogP contribution in [0, 0.1) is 11.8 Å². The molecule has 1 aliphatic rings. The van der Waals surface area contributed by atoms with Crippen molar-refractivity contribution >= 4 is 17.3 Å². The number of hydrogen-bond donors (Lipinski definition) is 3. The molecule has 5 N–H and O–H groups in total. The van der Waals surface area contributed by atoms with Gasteiger partial charge in [-0.15, -0.1) is 0 Å². The van der Waals surface area contributed by atoms with E-state index in [0.29, 0.717) is 18.6 Å². The van der Waals surface area contributed by atoms with Gasteiger partial charge < -0.3 is 21.3 Å². The summed E-state index contributed by atoms with van der Waals surface area (Å²) in [5.41, 5.74) is 17.8. The van der Waals surface area contributed by atoms with E-state index in [-0.39, 0.29) is 11.4 Å². The summed E-state index contributed by atoms with van der Waals surface area (Å²) in [7, 11) is 0. The van der Waals surface area contributed by atoms with Gasteiger partial charge in [0.2, 0.25) is 0 Å². The molecule has 1 fully saturated rings. The van der Waals surface area contributed by atoms with Crippen molar-refractivity contribution in [2.24, 2.45) is 17.6 Å². The van der Waals surface area contributed by atoms with Crippen LogP contribution in [0.3, 0.4) is 0 Å². The van der Waals surface area contributed by atoms with Gasteiger partial charge in [0.1, 0.15) is 5.82 Å². The van der Waals surface area contributed by atoms with Crippen LogP contribution in [0.25, 0.3) is 16.7 Å². The predicted molar refractivity (Wildman–Crippen MR) is 256 cm³/mol. The molecule has 0 saturated heterocycles. The molecule has 0 spiro atoms. The monoisotopic (exact) mass is 792 g/mol. The Morgan fingerprint density at radius 1 is 0.842 bits per heavy atom. The van der Waals surface area contributed by atoms with Gasteiger partial charge in [0.25, 0.3) is 5.91 Å². The Bertz CT molecular complexity index is 1360. The van der Waals surface area contributed by atoms with Crippen LogP contribution in [0.5, 0.6) is 0 Å². The van der Waals surface area contributed by atoms with Gasteiger partial charge in [-0.1, -0.05) is 197 Å². The Morgan fingerprint density at radius 2 is 1.26 bits per heavy atom. The third kappa shape index (κ3) is 30.1. The number of aromatic nitrogens is 1. The molecule has 1 heterocycles. The van der Waals surface area contributed by atoms with E-state index in [9.17, 15) is 4.79 Å². The Morgan fingerprint density at radius 3 is 1.60 bits per heavy atom. The lowest BCUT2D eigenvalue weighted by atomic mass is 9.98. The fourth-order valence-corrected chi connectivity index (χ4v) is 4.36. The molecule has 0 bridgehead atoms. The van der Waals surface area contributed by atoms with Crippen LogP contribution in [0.4, 0.5) is 5.82 Å². The van der Waals surface area contributed by atoms with Crippen LogP contribution < -0.4 is 11.5 Å². The number of pyridine rings is 1. The van der Waals surface area contributed by atoms with Crippen molar-refractivity contribution in [1.29, 1.82) is 0 Å². The van der Waals surface area contributed by atoms with E-state index in [4.69, 9.17) is 21.3 Å². The van der Waals surface area contributed by atoms with Crippen LogP contribution in [0.1, 0.15) is 189 Å². The molecular formula is C51H89N3O3. The number of nitrogen functional groups attached to an aromatic ring is 1. The lowest BCUT2D eigenvalue weighted by molar-refractivity contribution is 0.0457. The fourth-order valence-electron chi connectivity index (χ4n) is 4.36. The zero-order valence-corrected chi connectivity index (χ0v) is 39.7. The van der Waals surface area contributed by atoms with Crippen LogP contribution in [-0.2, 0) is 11.3 Å². The van der Waals surface area contributed by atoms with Gasteiger partial charge in [-0.3, -0.25) is 4.79 Å². The first-order valence-electron chi connectivity index (χ1n) is 22.0. The van der Waals surface area contributed by atoms with Crippen molar-refractivity contribution in [3.63, 3.8) is 0 Å². The molecule has 326 valence electrons. The highest BCUT2D eigenvalue weighted by Crippen LogP contribution is 2.25. The van der Waals surface area contributed by atoms with E-state index in [1.807, 2.05) is 61.5 Å². The van der Waals surface area contributed by atoms with E-state index < -0.39 is 5.91 Å². The number of rotatable bonds is 11. The second-order valence-corrected chi connectivity index (χ2v) is 14.0. The molecule has 1 aliphatic carbocycles. The summed E-state index contributed by atoms with van der Waals surface area (Å²) in [6, 6.07) is 19.3. The number of benzene rings is 2. The normalized spacial score (nSPS) is 11.5. The number of aliphatic hydroxyl groups excluding tert-OH is 1. The highest BCUT2D eigenvalue weighted by atomic mass is 16.5. The van der Waals surface area contributed by atoms with Crippen molar-refractivity contribution in [3.8, 4) is 11.1 Å². The van der Waals surface area contributed by atoms with E-state index >= 15 is 0 Å². The molecule has 4 rings (SSSR count). The number of carbonyl (C=O) groups is 1. The Labute approximate surface area is 353 Å². The number of allylic oxidation sites excluding steroid dienone is 3. The van der Waals surface area contributed by atoms with Crippen LogP contribution in [0.2, 0.25) is 0 Å². The minimum absolute atomic E-state index is 0.144. The van der Waals surface area contributed by atoms with Gasteiger partial charge in [0.15, 0.2) is 0 Å². The maximum Gasteiger partial charge on any atom is 0.252 e. The van der Waals surface area contributed by atoms with E-state index in [2.05, 4.69) is 115 Å². The second-order valence-electron chi connectivity index (χ2n) is 14.0. The largest absolute Gasteiger partial charge is 0.396 e. The summed E-state index contributed by atoms with van der Waals surface area (Å²) < 4.78 is 5.98. The highest BCUT2D eigenvalue weighted by Gasteiger charge is 2.15. The summed E-state index contributed by atoms with van der Waals surface area (Å²) in [5, 5.41) is 7.88. The average molecular weight is 792 g/mol. The molecule has 3 aromatic rings. The molecule has 0 atom stereocenters. The highest BCUT2D eigenvalue weighted by molar-refractivity contribution is 5.98. The first-order valence-corrected chi connectivity index (χ1v) is 22.0. The number of anilines is 1. The lowest BCUT2D eigenvalue weighted by Crippen LogP contribution is -2.14. The van der Waals surface area contributed by atoms with Crippen molar-refractivity contribution in [1.82, 2.24) is 4.98 Å². The van der Waals surface area contributed by atoms with Crippen molar-refractivity contribution in [2.45, 2.75) is 174 Å². The Kier molecular flexibility index (Phi) is 42.5. The van der Waals surface area contributed by atoms with Crippen LogP contribution in [-0.4, -0.2) is 28.7 Å². The lowest BCUT2D eigenvalue weighted by Gasteiger charge is -2.11. The zero-order chi connectivity index (χ0) is 44.8. The summed E-state index contributed by atoms with van der Waals surface area (Å²) in [4.78, 5) is 14.9. The molecule has 1 amide bonds. The van der Waals surface area contributed by atoms with Crippen LogP contribution >= 0.6 is 0 Å². The first kappa shape index (κ1) is 59.9. The quantitative estimate of drug-likeness (QED) is 0.167. The molecular weight excluding hydrogens is 703 g/mol. The van der Waals surface area contributed by atoms with Gasteiger partial charge in [-0.25, -0.2) is 4.98 Å². The first-order chi connectivity index (χ1) is 27.3. The van der Waals surface area contributed by atoms with Gasteiger partial charge in [-0.05, 0) is 77.8 Å². The van der Waals surface area contributed by atoms with Crippen molar-refractivity contribution < 1.29 is 14.6 Å². The summed E-state index contributed by atoms with van der Waals surface area (Å²) in [6.07, 6.45) is 14.2. The molecule has 0 aliphatic heterocycles. The number of nitrogens with two attached hydrogens (primary N) is 2. The maximum absolute atomic E-state index is 11.0. The number of ether oxygens (including phenoxy) is 1. The molecule has 2 aromatic carbocycles. The Hall–Kier alpha value is -3.74. The topological polar surface area (TPSA) is 111 Å². The van der Waals surface area contributed by atoms with Gasteiger partial charge in [-0.2, -0.15) is 0 Å².